The monoisotopic (exact) mass is 322 g/mol. The summed E-state index contributed by atoms with van der Waals surface area (Å²) in [6, 6.07) is 0. The topological polar surface area (TPSA) is 72.2 Å². The fraction of sp³-hybridized carbons (Fsp3) is 0.400. The Balaban J connectivity index is 2.01. The van der Waals surface area contributed by atoms with Crippen molar-refractivity contribution in [2.45, 2.75) is 39.0 Å². The standard InChI is InChI=1S/C20H22N2O2/c1-12-6-5-7-13-14(9-8-12)20(10-3-2-4-11-20)16-15(17(13)21)18(23)22-19(16)24/h5-9,16H,2-4,10-11,21H2,1H3,(H,22,23,24). The van der Waals surface area contributed by atoms with Gasteiger partial charge in [-0.25, -0.2) is 0 Å². The van der Waals surface area contributed by atoms with Crippen molar-refractivity contribution >= 4 is 11.8 Å². The second-order valence-electron chi connectivity index (χ2n) is 7.23. The van der Waals surface area contributed by atoms with Gasteiger partial charge in [0.15, 0.2) is 0 Å². The normalized spacial score (nSPS) is 28.4. The molecule has 0 aromatic carbocycles. The van der Waals surface area contributed by atoms with Crippen LogP contribution in [0.2, 0.25) is 0 Å². The second kappa shape index (κ2) is 5.33. The highest BCUT2D eigenvalue weighted by Gasteiger charge is 2.57. The molecule has 2 amide bonds. The van der Waals surface area contributed by atoms with E-state index in [2.05, 4.69) is 24.4 Å². The van der Waals surface area contributed by atoms with Crippen LogP contribution >= 0.6 is 0 Å². The molecule has 1 saturated heterocycles. The number of hydrogen-bond acceptors (Lipinski definition) is 3. The van der Waals surface area contributed by atoms with Crippen molar-refractivity contribution in [2.75, 3.05) is 0 Å². The Labute approximate surface area is 141 Å². The number of rotatable bonds is 0. The van der Waals surface area contributed by atoms with Gasteiger partial charge in [0.2, 0.25) is 5.91 Å². The first-order valence-corrected chi connectivity index (χ1v) is 8.67. The fourth-order valence-corrected chi connectivity index (χ4v) is 4.77. The van der Waals surface area contributed by atoms with E-state index in [4.69, 9.17) is 5.73 Å². The van der Waals surface area contributed by atoms with Crippen LogP contribution in [0.3, 0.4) is 0 Å². The lowest BCUT2D eigenvalue weighted by Crippen LogP contribution is -2.43. The third kappa shape index (κ3) is 1.98. The molecular weight excluding hydrogens is 300 g/mol. The lowest BCUT2D eigenvalue weighted by molar-refractivity contribution is -0.127. The van der Waals surface area contributed by atoms with Gasteiger partial charge in [0.1, 0.15) is 0 Å². The average Bonchev–Trinajstić information content (AvgIpc) is 2.85. The molecule has 4 nitrogen and oxygen atoms in total. The highest BCUT2D eigenvalue weighted by atomic mass is 16.2. The van der Waals surface area contributed by atoms with Gasteiger partial charge in [0.05, 0.1) is 11.5 Å². The smallest absolute Gasteiger partial charge is 0.256 e. The Morgan fingerprint density at radius 1 is 1.12 bits per heavy atom. The summed E-state index contributed by atoms with van der Waals surface area (Å²) in [5, 5.41) is 2.51. The molecule has 1 aliphatic heterocycles. The molecule has 2 fully saturated rings. The molecule has 124 valence electrons. The number of nitrogens with two attached hydrogens (primary N) is 1. The zero-order valence-corrected chi connectivity index (χ0v) is 13.9. The van der Waals surface area contributed by atoms with E-state index in [0.717, 1.165) is 42.4 Å². The highest BCUT2D eigenvalue weighted by Crippen LogP contribution is 2.58. The molecule has 1 unspecified atom stereocenters. The first-order chi connectivity index (χ1) is 11.5. The molecule has 3 aliphatic carbocycles. The highest BCUT2D eigenvalue weighted by molar-refractivity contribution is 6.17. The van der Waals surface area contributed by atoms with Crippen LogP contribution in [0.4, 0.5) is 0 Å². The summed E-state index contributed by atoms with van der Waals surface area (Å²) < 4.78 is 0. The Morgan fingerprint density at radius 2 is 1.88 bits per heavy atom. The molecule has 1 spiro atoms. The van der Waals surface area contributed by atoms with Gasteiger partial charge >= 0.3 is 0 Å². The van der Waals surface area contributed by atoms with Gasteiger partial charge in [0, 0.05) is 16.7 Å². The zero-order chi connectivity index (χ0) is 16.9. The average molecular weight is 322 g/mol. The third-order valence-electron chi connectivity index (χ3n) is 5.87. The van der Waals surface area contributed by atoms with Gasteiger partial charge in [-0.3, -0.25) is 14.9 Å². The van der Waals surface area contributed by atoms with Gasteiger partial charge in [-0.15, -0.1) is 0 Å². The van der Waals surface area contributed by atoms with Crippen molar-refractivity contribution in [2.24, 2.45) is 17.1 Å². The second-order valence-corrected chi connectivity index (χ2v) is 7.23. The molecule has 0 radical (unpaired) electrons. The predicted molar refractivity (Wildman–Crippen MR) is 92.4 cm³/mol. The van der Waals surface area contributed by atoms with Crippen LogP contribution in [0, 0.1) is 11.3 Å². The zero-order valence-electron chi connectivity index (χ0n) is 13.9. The summed E-state index contributed by atoms with van der Waals surface area (Å²) in [5.74, 6) is -0.936. The number of carbonyl (C=O) groups is 2. The minimum absolute atomic E-state index is 0.182. The summed E-state index contributed by atoms with van der Waals surface area (Å²) in [5.41, 5.74) is 10.2. The number of carbonyl (C=O) groups excluding carboxylic acids is 2. The van der Waals surface area contributed by atoms with Crippen LogP contribution in [0.25, 0.3) is 0 Å². The molecule has 1 saturated carbocycles. The minimum Gasteiger partial charge on any atom is -0.398 e. The molecule has 0 aromatic heterocycles. The maximum absolute atomic E-state index is 12.6. The van der Waals surface area contributed by atoms with Crippen LogP contribution < -0.4 is 11.1 Å². The Morgan fingerprint density at radius 3 is 2.62 bits per heavy atom. The number of hydrogen-bond donors (Lipinski definition) is 2. The number of imide groups is 1. The summed E-state index contributed by atoms with van der Waals surface area (Å²) in [6.07, 6.45) is 15.4. The van der Waals surface area contributed by atoms with Crippen LogP contribution in [-0.4, -0.2) is 11.8 Å². The van der Waals surface area contributed by atoms with Crippen molar-refractivity contribution in [1.82, 2.24) is 5.32 Å². The molecular formula is C20H22N2O2. The van der Waals surface area contributed by atoms with E-state index in [1.807, 2.05) is 18.2 Å². The lowest BCUT2D eigenvalue weighted by atomic mass is 9.55. The van der Waals surface area contributed by atoms with Crippen LogP contribution in [0.1, 0.15) is 39.0 Å². The van der Waals surface area contributed by atoms with Gasteiger partial charge < -0.3 is 5.73 Å². The van der Waals surface area contributed by atoms with E-state index in [0.29, 0.717) is 11.3 Å². The van der Waals surface area contributed by atoms with Crippen molar-refractivity contribution < 1.29 is 9.59 Å². The summed E-state index contributed by atoms with van der Waals surface area (Å²) in [4.78, 5) is 25.0. The van der Waals surface area contributed by atoms with Crippen molar-refractivity contribution in [1.29, 1.82) is 0 Å². The van der Waals surface area contributed by atoms with Crippen LogP contribution in [0.15, 0.2) is 58.4 Å². The quantitative estimate of drug-likeness (QED) is 0.674. The maximum Gasteiger partial charge on any atom is 0.256 e. The molecule has 3 N–H and O–H groups in total. The third-order valence-corrected chi connectivity index (χ3v) is 5.87. The largest absolute Gasteiger partial charge is 0.398 e. The van der Waals surface area contributed by atoms with Crippen LogP contribution in [-0.2, 0) is 9.59 Å². The van der Waals surface area contributed by atoms with Crippen molar-refractivity contribution in [3.8, 4) is 0 Å². The molecule has 24 heavy (non-hydrogen) atoms. The number of amides is 2. The molecule has 0 bridgehead atoms. The fourth-order valence-electron chi connectivity index (χ4n) is 4.77. The number of fused-ring (bicyclic) bond motifs is 4. The van der Waals surface area contributed by atoms with E-state index < -0.39 is 5.92 Å². The van der Waals surface area contributed by atoms with Gasteiger partial charge in [-0.05, 0) is 25.3 Å². The first-order valence-electron chi connectivity index (χ1n) is 8.67. The molecule has 0 aromatic rings. The van der Waals surface area contributed by atoms with Gasteiger partial charge in [0.25, 0.3) is 5.91 Å². The molecule has 1 heterocycles. The SMILES string of the molecule is CC1=CC=C2C(=CC=C1)C(N)=C1C(=O)NC(=O)C1C21CCCCC1. The minimum atomic E-state index is -0.439. The Hall–Kier alpha value is -2.36. The van der Waals surface area contributed by atoms with Crippen molar-refractivity contribution in [3.63, 3.8) is 0 Å². The van der Waals surface area contributed by atoms with E-state index in [1.165, 1.54) is 6.42 Å². The Kier molecular flexibility index (Phi) is 3.37. The van der Waals surface area contributed by atoms with E-state index in [1.54, 1.807) is 0 Å². The summed E-state index contributed by atoms with van der Waals surface area (Å²) in [7, 11) is 0. The van der Waals surface area contributed by atoms with Gasteiger partial charge in [-0.2, -0.15) is 0 Å². The maximum atomic E-state index is 12.6. The summed E-state index contributed by atoms with van der Waals surface area (Å²) >= 11 is 0. The molecule has 4 rings (SSSR count). The molecule has 4 heteroatoms. The van der Waals surface area contributed by atoms with E-state index in [-0.39, 0.29) is 17.2 Å². The molecule has 1 atom stereocenters. The van der Waals surface area contributed by atoms with E-state index >= 15 is 0 Å². The van der Waals surface area contributed by atoms with E-state index in [9.17, 15) is 9.59 Å². The lowest BCUT2D eigenvalue weighted by Gasteiger charge is -2.47. The predicted octanol–water partition coefficient (Wildman–Crippen LogP) is 2.80. The van der Waals surface area contributed by atoms with Crippen LogP contribution in [0.5, 0.6) is 0 Å². The number of allylic oxidation sites excluding steroid dienone is 7. The van der Waals surface area contributed by atoms with Crippen molar-refractivity contribution in [3.05, 3.63) is 58.4 Å². The molecule has 4 aliphatic rings. The summed E-state index contributed by atoms with van der Waals surface area (Å²) in [6.45, 7) is 2.05. The van der Waals surface area contributed by atoms with Gasteiger partial charge in [-0.1, -0.05) is 55.2 Å². The Bertz CT molecular complexity index is 786. The number of nitrogens with one attached hydrogen (secondary N) is 1. The first kappa shape index (κ1) is 15.2.